The van der Waals surface area contributed by atoms with Gasteiger partial charge in [-0.25, -0.2) is 0 Å². The molecule has 0 aliphatic carbocycles. The second kappa shape index (κ2) is 6.03. The average Bonchev–Trinajstić information content (AvgIpc) is 2.90. The van der Waals surface area contributed by atoms with Gasteiger partial charge in [0.25, 0.3) is 0 Å². The summed E-state index contributed by atoms with van der Waals surface area (Å²) in [5, 5.41) is 0. The predicted molar refractivity (Wildman–Crippen MR) is 74.7 cm³/mol. The molecular weight excluding hydrogens is 222 g/mol. The molecule has 0 N–H and O–H groups in total. The third kappa shape index (κ3) is 3.34. The monoisotopic (exact) mass is 245 g/mol. The number of aryl methyl sites for hydroxylation is 1. The normalized spacial score (nSPS) is 15.4. The highest BCUT2D eigenvalue weighted by molar-refractivity contribution is 5.76. The van der Waals surface area contributed by atoms with Gasteiger partial charge in [-0.15, -0.1) is 0 Å². The number of hydrogen-bond donors (Lipinski definition) is 0. The maximum atomic E-state index is 11.9. The standard InChI is InChI=1S/C16H23NO/c1-13(2)15-8-5-14(6-9-15)7-10-16(18)17-11-3-4-12-17/h5-6,8-9,13H,3-4,7,10-12H2,1-2H3. The number of rotatable bonds is 4. The summed E-state index contributed by atoms with van der Waals surface area (Å²) in [6, 6.07) is 8.68. The van der Waals surface area contributed by atoms with Gasteiger partial charge in [0.1, 0.15) is 0 Å². The van der Waals surface area contributed by atoms with E-state index < -0.39 is 0 Å². The molecule has 0 aromatic heterocycles. The molecule has 1 amide bonds. The van der Waals surface area contributed by atoms with Crippen molar-refractivity contribution in [2.24, 2.45) is 0 Å². The van der Waals surface area contributed by atoms with E-state index in [4.69, 9.17) is 0 Å². The Morgan fingerprint density at radius 1 is 1.17 bits per heavy atom. The summed E-state index contributed by atoms with van der Waals surface area (Å²) < 4.78 is 0. The lowest BCUT2D eigenvalue weighted by atomic mass is 10.0. The molecule has 0 saturated carbocycles. The van der Waals surface area contributed by atoms with E-state index in [-0.39, 0.29) is 0 Å². The van der Waals surface area contributed by atoms with Crippen LogP contribution < -0.4 is 0 Å². The van der Waals surface area contributed by atoms with Gasteiger partial charge in [0.2, 0.25) is 5.91 Å². The zero-order chi connectivity index (χ0) is 13.0. The Morgan fingerprint density at radius 3 is 2.33 bits per heavy atom. The highest BCUT2D eigenvalue weighted by Crippen LogP contribution is 2.16. The Labute approximate surface area is 110 Å². The van der Waals surface area contributed by atoms with Crippen molar-refractivity contribution in [3.05, 3.63) is 35.4 Å². The summed E-state index contributed by atoms with van der Waals surface area (Å²) in [4.78, 5) is 13.9. The lowest BCUT2D eigenvalue weighted by Gasteiger charge is -2.15. The van der Waals surface area contributed by atoms with Gasteiger partial charge < -0.3 is 4.90 Å². The lowest BCUT2D eigenvalue weighted by Crippen LogP contribution is -2.27. The number of carbonyl (C=O) groups is 1. The second-order valence-electron chi connectivity index (χ2n) is 5.48. The molecule has 1 saturated heterocycles. The fourth-order valence-corrected chi connectivity index (χ4v) is 2.45. The number of benzene rings is 1. The topological polar surface area (TPSA) is 20.3 Å². The van der Waals surface area contributed by atoms with E-state index in [2.05, 4.69) is 38.1 Å². The van der Waals surface area contributed by atoms with Gasteiger partial charge in [0.15, 0.2) is 0 Å². The van der Waals surface area contributed by atoms with Crippen LogP contribution in [0.5, 0.6) is 0 Å². The van der Waals surface area contributed by atoms with Gasteiger partial charge in [-0.1, -0.05) is 38.1 Å². The predicted octanol–water partition coefficient (Wildman–Crippen LogP) is 3.37. The van der Waals surface area contributed by atoms with Gasteiger partial charge in [0, 0.05) is 19.5 Å². The Bertz CT molecular complexity index is 388. The molecule has 0 spiro atoms. The van der Waals surface area contributed by atoms with Gasteiger partial charge in [0.05, 0.1) is 0 Å². The van der Waals surface area contributed by atoms with Crippen molar-refractivity contribution < 1.29 is 4.79 Å². The van der Waals surface area contributed by atoms with E-state index in [1.165, 1.54) is 24.0 Å². The Balaban J connectivity index is 1.84. The van der Waals surface area contributed by atoms with Gasteiger partial charge in [-0.05, 0) is 36.3 Å². The maximum absolute atomic E-state index is 11.9. The molecule has 98 valence electrons. The summed E-state index contributed by atoms with van der Waals surface area (Å²) in [6.45, 7) is 6.33. The smallest absolute Gasteiger partial charge is 0.222 e. The quantitative estimate of drug-likeness (QED) is 0.796. The van der Waals surface area contributed by atoms with Crippen molar-refractivity contribution in [1.82, 2.24) is 4.90 Å². The number of amides is 1. The van der Waals surface area contributed by atoms with Crippen molar-refractivity contribution in [1.29, 1.82) is 0 Å². The molecule has 2 rings (SSSR count). The summed E-state index contributed by atoms with van der Waals surface area (Å²) >= 11 is 0. The second-order valence-corrected chi connectivity index (χ2v) is 5.48. The van der Waals surface area contributed by atoms with E-state index in [1.54, 1.807) is 0 Å². The van der Waals surface area contributed by atoms with Crippen molar-refractivity contribution >= 4 is 5.91 Å². The van der Waals surface area contributed by atoms with Crippen LogP contribution in [0.2, 0.25) is 0 Å². The zero-order valence-electron chi connectivity index (χ0n) is 11.5. The molecule has 0 atom stereocenters. The first-order valence-electron chi connectivity index (χ1n) is 7.03. The molecule has 1 fully saturated rings. The summed E-state index contributed by atoms with van der Waals surface area (Å²) in [5.41, 5.74) is 2.64. The molecule has 0 unspecified atom stereocenters. The minimum Gasteiger partial charge on any atom is -0.343 e. The van der Waals surface area contributed by atoms with Gasteiger partial charge >= 0.3 is 0 Å². The van der Waals surface area contributed by atoms with Crippen LogP contribution in [0, 0.1) is 0 Å². The third-order valence-corrected chi connectivity index (χ3v) is 3.73. The SMILES string of the molecule is CC(C)c1ccc(CCC(=O)N2CCCC2)cc1. The molecule has 1 aromatic rings. The number of hydrogen-bond acceptors (Lipinski definition) is 1. The Hall–Kier alpha value is -1.31. The number of likely N-dealkylation sites (tertiary alicyclic amines) is 1. The van der Waals surface area contributed by atoms with E-state index in [0.29, 0.717) is 18.2 Å². The van der Waals surface area contributed by atoms with Crippen LogP contribution >= 0.6 is 0 Å². The number of nitrogens with zero attached hydrogens (tertiary/aromatic N) is 1. The van der Waals surface area contributed by atoms with Gasteiger partial charge in [-0.3, -0.25) is 4.79 Å². The van der Waals surface area contributed by atoms with Crippen LogP contribution in [0.25, 0.3) is 0 Å². The maximum Gasteiger partial charge on any atom is 0.222 e. The van der Waals surface area contributed by atoms with Crippen LogP contribution in [-0.4, -0.2) is 23.9 Å². The molecule has 1 aliphatic rings. The third-order valence-electron chi connectivity index (χ3n) is 3.73. The van der Waals surface area contributed by atoms with Crippen molar-refractivity contribution in [2.75, 3.05) is 13.1 Å². The van der Waals surface area contributed by atoms with Crippen molar-refractivity contribution in [2.45, 2.75) is 45.4 Å². The summed E-state index contributed by atoms with van der Waals surface area (Å²) in [5.74, 6) is 0.894. The fraction of sp³-hybridized carbons (Fsp3) is 0.562. The Kier molecular flexibility index (Phi) is 4.40. The number of carbonyl (C=O) groups excluding carboxylic acids is 1. The molecule has 1 aliphatic heterocycles. The highest BCUT2D eigenvalue weighted by Gasteiger charge is 2.17. The fourth-order valence-electron chi connectivity index (χ4n) is 2.45. The first-order valence-corrected chi connectivity index (χ1v) is 7.03. The average molecular weight is 245 g/mol. The molecular formula is C16H23NO. The van der Waals surface area contributed by atoms with E-state index in [1.807, 2.05) is 4.90 Å². The van der Waals surface area contributed by atoms with Crippen LogP contribution in [0.15, 0.2) is 24.3 Å². The molecule has 18 heavy (non-hydrogen) atoms. The van der Waals surface area contributed by atoms with Crippen molar-refractivity contribution in [3.8, 4) is 0 Å². The van der Waals surface area contributed by atoms with E-state index in [0.717, 1.165) is 19.5 Å². The molecule has 0 bridgehead atoms. The minimum absolute atomic E-state index is 0.320. The molecule has 2 nitrogen and oxygen atoms in total. The first kappa shape index (κ1) is 13.1. The first-order chi connectivity index (χ1) is 8.66. The van der Waals surface area contributed by atoms with Crippen LogP contribution in [-0.2, 0) is 11.2 Å². The largest absolute Gasteiger partial charge is 0.343 e. The molecule has 2 heteroatoms. The molecule has 1 heterocycles. The van der Waals surface area contributed by atoms with Crippen LogP contribution in [0.1, 0.15) is 50.2 Å². The zero-order valence-corrected chi connectivity index (χ0v) is 11.5. The van der Waals surface area contributed by atoms with Crippen LogP contribution in [0.3, 0.4) is 0 Å². The van der Waals surface area contributed by atoms with E-state index in [9.17, 15) is 4.79 Å². The van der Waals surface area contributed by atoms with E-state index >= 15 is 0 Å². The lowest BCUT2D eigenvalue weighted by molar-refractivity contribution is -0.130. The molecule has 1 aromatic carbocycles. The molecule has 0 radical (unpaired) electrons. The summed E-state index contributed by atoms with van der Waals surface area (Å²) in [6.07, 6.45) is 3.87. The minimum atomic E-state index is 0.320. The highest BCUT2D eigenvalue weighted by atomic mass is 16.2. The van der Waals surface area contributed by atoms with Crippen LogP contribution in [0.4, 0.5) is 0 Å². The van der Waals surface area contributed by atoms with Crippen molar-refractivity contribution in [3.63, 3.8) is 0 Å². The summed E-state index contributed by atoms with van der Waals surface area (Å²) in [7, 11) is 0. The Morgan fingerprint density at radius 2 is 1.78 bits per heavy atom. The van der Waals surface area contributed by atoms with Gasteiger partial charge in [-0.2, -0.15) is 0 Å².